The second-order valence-electron chi connectivity index (χ2n) is 7.59. The largest absolute Gasteiger partial charge is 0.497 e. The lowest BCUT2D eigenvalue weighted by Gasteiger charge is -2.32. The number of carbonyl (C=O) groups is 1. The predicted molar refractivity (Wildman–Crippen MR) is 124 cm³/mol. The van der Waals surface area contributed by atoms with Crippen molar-refractivity contribution in [1.29, 1.82) is 0 Å². The summed E-state index contributed by atoms with van der Waals surface area (Å²) in [6.45, 7) is 3.85. The van der Waals surface area contributed by atoms with Gasteiger partial charge in [0.15, 0.2) is 5.82 Å². The molecule has 1 N–H and O–H groups in total. The lowest BCUT2D eigenvalue weighted by molar-refractivity contribution is -0.120. The van der Waals surface area contributed by atoms with Gasteiger partial charge < -0.3 is 24.4 Å². The molecule has 0 saturated carbocycles. The van der Waals surface area contributed by atoms with Gasteiger partial charge in [0.25, 0.3) is 5.88 Å². The third-order valence-corrected chi connectivity index (χ3v) is 5.63. The van der Waals surface area contributed by atoms with Crippen LogP contribution in [0.15, 0.2) is 42.5 Å². The maximum absolute atomic E-state index is 12.9. The minimum Gasteiger partial charge on any atom is -0.497 e. The van der Waals surface area contributed by atoms with E-state index in [-0.39, 0.29) is 11.8 Å². The normalized spacial score (nSPS) is 14.3. The maximum Gasteiger partial charge on any atom is 0.258 e. The van der Waals surface area contributed by atoms with Gasteiger partial charge in [-0.05, 0) is 44.0 Å². The number of fused-ring (bicyclic) bond motifs is 1. The van der Waals surface area contributed by atoms with E-state index in [1.807, 2.05) is 31.2 Å². The van der Waals surface area contributed by atoms with Crippen LogP contribution in [0.5, 0.6) is 17.4 Å². The molecule has 0 atom stereocenters. The van der Waals surface area contributed by atoms with Crippen molar-refractivity contribution in [1.82, 2.24) is 9.97 Å². The Balaban J connectivity index is 1.45. The fourth-order valence-electron chi connectivity index (χ4n) is 3.90. The zero-order valence-corrected chi connectivity index (χ0v) is 18.6. The molecule has 0 aliphatic carbocycles. The molecule has 0 spiro atoms. The number of benzene rings is 2. The lowest BCUT2D eigenvalue weighted by Crippen LogP contribution is -2.39. The Morgan fingerprint density at radius 2 is 1.78 bits per heavy atom. The van der Waals surface area contributed by atoms with Gasteiger partial charge in [-0.15, -0.1) is 0 Å². The molecule has 1 aliphatic heterocycles. The number of hydrogen-bond acceptors (Lipinski definition) is 7. The van der Waals surface area contributed by atoms with Crippen LogP contribution in [-0.2, 0) is 4.79 Å². The van der Waals surface area contributed by atoms with E-state index in [1.165, 1.54) is 0 Å². The predicted octanol–water partition coefficient (Wildman–Crippen LogP) is 3.90. The molecule has 3 aromatic rings. The third kappa shape index (κ3) is 4.54. The minimum absolute atomic E-state index is 0.0113. The van der Waals surface area contributed by atoms with E-state index in [4.69, 9.17) is 19.2 Å². The maximum atomic E-state index is 12.9. The van der Waals surface area contributed by atoms with E-state index in [2.05, 4.69) is 15.2 Å². The summed E-state index contributed by atoms with van der Waals surface area (Å²) in [5.41, 5.74) is 2.28. The molecule has 0 unspecified atom stereocenters. The molecule has 1 fully saturated rings. The molecule has 168 valence electrons. The van der Waals surface area contributed by atoms with Crippen molar-refractivity contribution >= 4 is 28.4 Å². The molecule has 1 amide bonds. The molecular formula is C24H28N4O4. The molecule has 32 heavy (non-hydrogen) atoms. The van der Waals surface area contributed by atoms with Crippen molar-refractivity contribution in [2.24, 2.45) is 5.92 Å². The summed E-state index contributed by atoms with van der Waals surface area (Å²) in [5.74, 6) is 2.42. The van der Waals surface area contributed by atoms with Crippen LogP contribution in [0.1, 0.15) is 19.8 Å². The number of methoxy groups -OCH3 is 2. The molecule has 2 heterocycles. The van der Waals surface area contributed by atoms with Crippen molar-refractivity contribution in [2.45, 2.75) is 19.8 Å². The molecule has 2 aromatic carbocycles. The standard InChI is InChI=1S/C24H28N4O4/c1-4-32-24-22(25-18-7-5-6-8-19(18)27-24)28-13-11-16(12-14-28)23(29)26-20-10-9-17(30-2)15-21(20)31-3/h5-10,15-16H,4,11-14H2,1-3H3,(H,26,29). The van der Waals surface area contributed by atoms with Gasteiger partial charge in [0.05, 0.1) is 37.5 Å². The summed E-state index contributed by atoms with van der Waals surface area (Å²) in [6.07, 6.45) is 1.43. The topological polar surface area (TPSA) is 85.8 Å². The fourth-order valence-corrected chi connectivity index (χ4v) is 3.90. The van der Waals surface area contributed by atoms with E-state index >= 15 is 0 Å². The van der Waals surface area contributed by atoms with Gasteiger partial charge >= 0.3 is 0 Å². The van der Waals surface area contributed by atoms with E-state index in [0.29, 0.717) is 55.6 Å². The SMILES string of the molecule is CCOc1nc2ccccc2nc1N1CCC(C(=O)Nc2ccc(OC)cc2OC)CC1. The zero-order valence-electron chi connectivity index (χ0n) is 18.6. The zero-order chi connectivity index (χ0) is 22.5. The van der Waals surface area contributed by atoms with Crippen LogP contribution in [0.2, 0.25) is 0 Å². The number of nitrogens with one attached hydrogen (secondary N) is 1. The minimum atomic E-state index is -0.0954. The van der Waals surface area contributed by atoms with Crippen molar-refractivity contribution in [2.75, 3.05) is 44.1 Å². The number of aromatic nitrogens is 2. The van der Waals surface area contributed by atoms with Gasteiger partial charge in [0.1, 0.15) is 11.5 Å². The molecule has 0 bridgehead atoms. The molecule has 4 rings (SSSR count). The number of rotatable bonds is 7. The van der Waals surface area contributed by atoms with E-state index in [1.54, 1.807) is 32.4 Å². The summed E-state index contributed by atoms with van der Waals surface area (Å²) < 4.78 is 16.4. The molecule has 1 aliphatic rings. The Morgan fingerprint density at radius 1 is 1.06 bits per heavy atom. The van der Waals surface area contributed by atoms with Gasteiger partial charge in [-0.1, -0.05) is 12.1 Å². The van der Waals surface area contributed by atoms with Crippen molar-refractivity contribution in [3.8, 4) is 17.4 Å². The van der Waals surface area contributed by atoms with Crippen LogP contribution < -0.4 is 24.4 Å². The lowest BCUT2D eigenvalue weighted by atomic mass is 9.95. The van der Waals surface area contributed by atoms with Crippen molar-refractivity contribution in [3.63, 3.8) is 0 Å². The van der Waals surface area contributed by atoms with Crippen LogP contribution in [0, 0.1) is 5.92 Å². The second-order valence-corrected chi connectivity index (χ2v) is 7.59. The Hall–Kier alpha value is -3.55. The highest BCUT2D eigenvalue weighted by molar-refractivity contribution is 5.94. The highest BCUT2D eigenvalue weighted by Gasteiger charge is 2.28. The molecular weight excluding hydrogens is 408 g/mol. The van der Waals surface area contributed by atoms with E-state index in [9.17, 15) is 4.79 Å². The first-order valence-electron chi connectivity index (χ1n) is 10.8. The highest BCUT2D eigenvalue weighted by atomic mass is 16.5. The van der Waals surface area contributed by atoms with Gasteiger partial charge in [-0.2, -0.15) is 0 Å². The first-order chi connectivity index (χ1) is 15.6. The molecule has 1 saturated heterocycles. The summed E-state index contributed by atoms with van der Waals surface area (Å²) >= 11 is 0. The molecule has 0 radical (unpaired) electrons. The quantitative estimate of drug-likeness (QED) is 0.601. The number of nitrogens with zero attached hydrogens (tertiary/aromatic N) is 3. The monoisotopic (exact) mass is 436 g/mol. The van der Waals surface area contributed by atoms with Crippen LogP contribution in [-0.4, -0.2) is 49.8 Å². The highest BCUT2D eigenvalue weighted by Crippen LogP contribution is 2.33. The average Bonchev–Trinajstić information content (AvgIpc) is 2.84. The van der Waals surface area contributed by atoms with Crippen LogP contribution >= 0.6 is 0 Å². The Morgan fingerprint density at radius 3 is 2.44 bits per heavy atom. The van der Waals surface area contributed by atoms with Crippen molar-refractivity contribution in [3.05, 3.63) is 42.5 Å². The van der Waals surface area contributed by atoms with E-state index in [0.717, 1.165) is 16.9 Å². The first-order valence-corrected chi connectivity index (χ1v) is 10.8. The van der Waals surface area contributed by atoms with Gasteiger partial charge in [-0.25, -0.2) is 9.97 Å². The van der Waals surface area contributed by atoms with Crippen LogP contribution in [0.25, 0.3) is 11.0 Å². The number of para-hydroxylation sites is 2. The summed E-state index contributed by atoms with van der Waals surface area (Å²) in [4.78, 5) is 24.5. The summed E-state index contributed by atoms with van der Waals surface area (Å²) in [7, 11) is 3.17. The van der Waals surface area contributed by atoms with Gasteiger partial charge in [0.2, 0.25) is 5.91 Å². The number of anilines is 2. The fraction of sp³-hybridized carbons (Fsp3) is 0.375. The number of amides is 1. The second kappa shape index (κ2) is 9.72. The first kappa shape index (κ1) is 21.7. The summed E-state index contributed by atoms with van der Waals surface area (Å²) in [6, 6.07) is 13.1. The molecule has 1 aromatic heterocycles. The van der Waals surface area contributed by atoms with E-state index < -0.39 is 0 Å². The van der Waals surface area contributed by atoms with Gasteiger partial charge in [0, 0.05) is 25.1 Å². The smallest absolute Gasteiger partial charge is 0.258 e. The average molecular weight is 437 g/mol. The number of hydrogen-bond donors (Lipinski definition) is 1. The summed E-state index contributed by atoms with van der Waals surface area (Å²) in [5, 5.41) is 3.00. The Kier molecular flexibility index (Phi) is 6.58. The van der Waals surface area contributed by atoms with Crippen LogP contribution in [0.3, 0.4) is 0 Å². The number of ether oxygens (including phenoxy) is 3. The Bertz CT molecular complexity index is 1100. The number of carbonyl (C=O) groups excluding carboxylic acids is 1. The Labute approximate surface area is 187 Å². The molecule has 8 heteroatoms. The van der Waals surface area contributed by atoms with Crippen LogP contribution in [0.4, 0.5) is 11.5 Å². The number of piperidine rings is 1. The van der Waals surface area contributed by atoms with Gasteiger partial charge in [-0.3, -0.25) is 4.79 Å². The molecule has 8 nitrogen and oxygen atoms in total. The third-order valence-electron chi connectivity index (χ3n) is 5.63. The van der Waals surface area contributed by atoms with Crippen molar-refractivity contribution < 1.29 is 19.0 Å².